The van der Waals surface area contributed by atoms with E-state index in [0.717, 1.165) is 35.7 Å². The fourth-order valence-electron chi connectivity index (χ4n) is 3.79. The van der Waals surface area contributed by atoms with Crippen LogP contribution in [0.15, 0.2) is 54.6 Å². The normalized spacial score (nSPS) is 16.8. The SMILES string of the molecule is NC(=O)C1CCCN1Cc1cccc(NC(=O)c2cc3ccccc3c(Cl)n2)c1. The molecule has 1 fully saturated rings. The van der Waals surface area contributed by atoms with Gasteiger partial charge in [-0.25, -0.2) is 4.98 Å². The van der Waals surface area contributed by atoms with Crippen LogP contribution in [0.5, 0.6) is 0 Å². The number of halogens is 1. The van der Waals surface area contributed by atoms with Crippen LogP contribution in [0.3, 0.4) is 0 Å². The predicted molar refractivity (Wildman–Crippen MR) is 114 cm³/mol. The minimum absolute atomic E-state index is 0.225. The van der Waals surface area contributed by atoms with E-state index in [2.05, 4.69) is 15.2 Å². The smallest absolute Gasteiger partial charge is 0.274 e. The first kappa shape index (κ1) is 19.4. The van der Waals surface area contributed by atoms with Gasteiger partial charge in [0.25, 0.3) is 5.91 Å². The fraction of sp³-hybridized carbons (Fsp3) is 0.227. The number of hydrogen-bond donors (Lipinski definition) is 2. The Morgan fingerprint density at radius 2 is 2.00 bits per heavy atom. The Morgan fingerprint density at radius 3 is 2.83 bits per heavy atom. The molecule has 4 rings (SSSR count). The van der Waals surface area contributed by atoms with Crippen LogP contribution in [0, 0.1) is 0 Å². The summed E-state index contributed by atoms with van der Waals surface area (Å²) in [4.78, 5) is 30.6. The lowest BCUT2D eigenvalue weighted by atomic mass is 10.1. The van der Waals surface area contributed by atoms with Crippen molar-refractivity contribution in [1.29, 1.82) is 0 Å². The molecule has 2 aromatic carbocycles. The van der Waals surface area contributed by atoms with Gasteiger partial charge in [0.2, 0.25) is 5.91 Å². The maximum absolute atomic E-state index is 12.7. The van der Waals surface area contributed by atoms with Gasteiger partial charge in [-0.2, -0.15) is 0 Å². The molecule has 29 heavy (non-hydrogen) atoms. The lowest BCUT2D eigenvalue weighted by molar-refractivity contribution is -0.122. The Kier molecular flexibility index (Phi) is 5.47. The number of anilines is 1. The van der Waals surface area contributed by atoms with Crippen molar-refractivity contribution in [2.75, 3.05) is 11.9 Å². The second-order valence-electron chi connectivity index (χ2n) is 7.20. The number of hydrogen-bond acceptors (Lipinski definition) is 4. The maximum Gasteiger partial charge on any atom is 0.274 e. The summed E-state index contributed by atoms with van der Waals surface area (Å²) in [6.07, 6.45) is 1.75. The molecule has 6 nitrogen and oxygen atoms in total. The van der Waals surface area contributed by atoms with Crippen LogP contribution in [-0.4, -0.2) is 34.3 Å². The molecule has 2 heterocycles. The van der Waals surface area contributed by atoms with E-state index >= 15 is 0 Å². The summed E-state index contributed by atoms with van der Waals surface area (Å²) in [6.45, 7) is 1.45. The van der Waals surface area contributed by atoms with E-state index in [9.17, 15) is 9.59 Å². The molecule has 1 unspecified atom stereocenters. The number of benzene rings is 2. The van der Waals surface area contributed by atoms with Crippen molar-refractivity contribution >= 4 is 39.9 Å². The first-order chi connectivity index (χ1) is 14.0. The largest absolute Gasteiger partial charge is 0.368 e. The molecule has 1 atom stereocenters. The number of nitrogens with one attached hydrogen (secondary N) is 1. The van der Waals surface area contributed by atoms with Crippen LogP contribution in [0.4, 0.5) is 5.69 Å². The highest BCUT2D eigenvalue weighted by atomic mass is 35.5. The molecule has 1 aliphatic heterocycles. The van der Waals surface area contributed by atoms with Crippen LogP contribution in [0.1, 0.15) is 28.9 Å². The Labute approximate surface area is 173 Å². The summed E-state index contributed by atoms with van der Waals surface area (Å²) in [5.74, 6) is -0.614. The molecule has 0 radical (unpaired) electrons. The molecule has 3 N–H and O–H groups in total. The summed E-state index contributed by atoms with van der Waals surface area (Å²) in [5.41, 5.74) is 7.42. The highest BCUT2D eigenvalue weighted by molar-refractivity contribution is 6.34. The van der Waals surface area contributed by atoms with E-state index in [1.165, 1.54) is 0 Å². The van der Waals surface area contributed by atoms with Gasteiger partial charge in [-0.15, -0.1) is 0 Å². The molecule has 2 amide bonds. The Hall–Kier alpha value is -2.96. The number of amides is 2. The van der Waals surface area contributed by atoms with E-state index in [4.69, 9.17) is 17.3 Å². The van der Waals surface area contributed by atoms with Crippen molar-refractivity contribution in [2.24, 2.45) is 5.73 Å². The minimum atomic E-state index is -0.328. The molecular weight excluding hydrogens is 388 g/mol. The lowest BCUT2D eigenvalue weighted by Gasteiger charge is -2.22. The zero-order valence-electron chi connectivity index (χ0n) is 15.8. The van der Waals surface area contributed by atoms with Crippen molar-refractivity contribution in [1.82, 2.24) is 9.88 Å². The van der Waals surface area contributed by atoms with Crippen LogP contribution >= 0.6 is 11.6 Å². The number of carbonyl (C=O) groups is 2. The van der Waals surface area contributed by atoms with Gasteiger partial charge in [-0.05, 0) is 48.5 Å². The van der Waals surface area contributed by atoms with Gasteiger partial charge in [0, 0.05) is 17.6 Å². The summed E-state index contributed by atoms with van der Waals surface area (Å²) in [6, 6.07) is 16.6. The Morgan fingerprint density at radius 1 is 1.17 bits per heavy atom. The van der Waals surface area contributed by atoms with Gasteiger partial charge in [-0.1, -0.05) is 48.0 Å². The summed E-state index contributed by atoms with van der Waals surface area (Å²) in [7, 11) is 0. The summed E-state index contributed by atoms with van der Waals surface area (Å²) in [5, 5.41) is 4.85. The monoisotopic (exact) mass is 408 g/mol. The molecule has 1 saturated heterocycles. The number of nitrogens with zero attached hydrogens (tertiary/aromatic N) is 2. The maximum atomic E-state index is 12.7. The highest BCUT2D eigenvalue weighted by Gasteiger charge is 2.28. The van der Waals surface area contributed by atoms with Crippen LogP contribution in [-0.2, 0) is 11.3 Å². The first-order valence-electron chi connectivity index (χ1n) is 9.50. The fourth-order valence-corrected chi connectivity index (χ4v) is 4.05. The van der Waals surface area contributed by atoms with Gasteiger partial charge in [0.15, 0.2) is 0 Å². The third-order valence-corrected chi connectivity index (χ3v) is 5.48. The average Bonchev–Trinajstić information content (AvgIpc) is 3.16. The van der Waals surface area contributed by atoms with Gasteiger partial charge < -0.3 is 11.1 Å². The third kappa shape index (κ3) is 4.23. The predicted octanol–water partition coefficient (Wildman–Crippen LogP) is 3.59. The summed E-state index contributed by atoms with van der Waals surface area (Å²) < 4.78 is 0. The Bertz CT molecular complexity index is 1090. The lowest BCUT2D eigenvalue weighted by Crippen LogP contribution is -2.39. The molecule has 1 aromatic heterocycles. The first-order valence-corrected chi connectivity index (χ1v) is 9.88. The number of fused-ring (bicyclic) bond motifs is 1. The van der Waals surface area contributed by atoms with E-state index in [1.54, 1.807) is 6.07 Å². The van der Waals surface area contributed by atoms with Gasteiger partial charge in [0.05, 0.1) is 6.04 Å². The van der Waals surface area contributed by atoms with Crippen molar-refractivity contribution in [2.45, 2.75) is 25.4 Å². The van der Waals surface area contributed by atoms with Crippen LogP contribution in [0.25, 0.3) is 10.8 Å². The van der Waals surface area contributed by atoms with Crippen molar-refractivity contribution in [3.8, 4) is 0 Å². The molecule has 148 valence electrons. The molecule has 7 heteroatoms. The van der Waals surface area contributed by atoms with E-state index in [1.807, 2.05) is 48.5 Å². The number of carbonyl (C=O) groups excluding carboxylic acids is 2. The molecule has 0 aliphatic carbocycles. The second-order valence-corrected chi connectivity index (χ2v) is 7.56. The number of nitrogens with two attached hydrogens (primary N) is 1. The van der Waals surface area contributed by atoms with Gasteiger partial charge in [-0.3, -0.25) is 14.5 Å². The molecule has 3 aromatic rings. The number of rotatable bonds is 5. The molecule has 0 bridgehead atoms. The quantitative estimate of drug-likeness (QED) is 0.631. The Balaban J connectivity index is 1.51. The minimum Gasteiger partial charge on any atom is -0.368 e. The third-order valence-electron chi connectivity index (χ3n) is 5.19. The zero-order chi connectivity index (χ0) is 20.4. The van der Waals surface area contributed by atoms with E-state index in [0.29, 0.717) is 17.4 Å². The number of primary amides is 1. The number of aromatic nitrogens is 1. The van der Waals surface area contributed by atoms with Crippen LogP contribution < -0.4 is 11.1 Å². The topological polar surface area (TPSA) is 88.3 Å². The second kappa shape index (κ2) is 8.19. The summed E-state index contributed by atoms with van der Waals surface area (Å²) >= 11 is 6.23. The van der Waals surface area contributed by atoms with E-state index in [-0.39, 0.29) is 23.6 Å². The molecule has 1 aliphatic rings. The highest BCUT2D eigenvalue weighted by Crippen LogP contribution is 2.24. The molecular formula is C22H21ClN4O2. The zero-order valence-corrected chi connectivity index (χ0v) is 16.5. The van der Waals surface area contributed by atoms with Crippen LogP contribution in [0.2, 0.25) is 5.15 Å². The molecule has 0 spiro atoms. The number of pyridine rings is 1. The standard InChI is InChI=1S/C22H21ClN4O2/c23-20-17-8-2-1-6-15(17)12-18(26-20)22(29)25-16-7-3-5-14(11-16)13-27-10-4-9-19(27)21(24)28/h1-3,5-8,11-12,19H,4,9-10,13H2,(H2,24,28)(H,25,29). The average molecular weight is 409 g/mol. The van der Waals surface area contributed by atoms with Gasteiger partial charge in [0.1, 0.15) is 10.8 Å². The van der Waals surface area contributed by atoms with Crippen molar-refractivity contribution in [3.63, 3.8) is 0 Å². The van der Waals surface area contributed by atoms with Gasteiger partial charge >= 0.3 is 0 Å². The van der Waals surface area contributed by atoms with E-state index < -0.39 is 0 Å². The van der Waals surface area contributed by atoms with Crippen molar-refractivity contribution in [3.05, 3.63) is 71.0 Å². The van der Waals surface area contributed by atoms with Crippen molar-refractivity contribution < 1.29 is 9.59 Å². The molecule has 0 saturated carbocycles. The number of likely N-dealkylation sites (tertiary alicyclic amines) is 1.